The van der Waals surface area contributed by atoms with Crippen molar-refractivity contribution in [2.75, 3.05) is 11.9 Å². The Balaban J connectivity index is 1.45. The predicted molar refractivity (Wildman–Crippen MR) is 112 cm³/mol. The summed E-state index contributed by atoms with van der Waals surface area (Å²) in [4.78, 5) is 24.3. The zero-order valence-corrected chi connectivity index (χ0v) is 17.0. The fourth-order valence-corrected chi connectivity index (χ4v) is 3.24. The molecule has 0 saturated carbocycles. The van der Waals surface area contributed by atoms with Gasteiger partial charge in [-0.2, -0.15) is 0 Å². The second kappa shape index (κ2) is 9.90. The summed E-state index contributed by atoms with van der Waals surface area (Å²) < 4.78 is 5.38. The van der Waals surface area contributed by atoms with Crippen molar-refractivity contribution < 1.29 is 14.3 Å². The number of ether oxygens (including phenoxy) is 1. The van der Waals surface area contributed by atoms with Crippen molar-refractivity contribution in [2.24, 2.45) is 0 Å². The number of nitrogens with zero attached hydrogens (tertiary/aromatic N) is 2. The summed E-state index contributed by atoms with van der Waals surface area (Å²) in [6.45, 7) is 3.83. The molecule has 2 amide bonds. The van der Waals surface area contributed by atoms with Crippen molar-refractivity contribution >= 4 is 28.3 Å². The van der Waals surface area contributed by atoms with E-state index in [1.807, 2.05) is 61.5 Å². The van der Waals surface area contributed by atoms with E-state index in [1.54, 1.807) is 6.92 Å². The van der Waals surface area contributed by atoms with Crippen molar-refractivity contribution in [3.63, 3.8) is 0 Å². The molecule has 1 heterocycles. The Hall–Kier alpha value is -3.10. The van der Waals surface area contributed by atoms with Gasteiger partial charge in [-0.3, -0.25) is 14.9 Å². The van der Waals surface area contributed by atoms with Crippen LogP contribution in [0, 0.1) is 6.92 Å². The number of aromatic nitrogens is 2. The van der Waals surface area contributed by atoms with Crippen LogP contribution in [-0.2, 0) is 20.9 Å². The highest BCUT2D eigenvalue weighted by Crippen LogP contribution is 2.26. The largest absolute Gasteiger partial charge is 0.367 e. The average Bonchev–Trinajstić information content (AvgIpc) is 3.17. The molecular formula is C21H22N4O3S. The van der Waals surface area contributed by atoms with Crippen LogP contribution in [0.2, 0.25) is 0 Å². The maximum absolute atomic E-state index is 12.3. The van der Waals surface area contributed by atoms with E-state index in [-0.39, 0.29) is 18.4 Å². The number of nitrogens with one attached hydrogen (secondary N) is 2. The predicted octanol–water partition coefficient (Wildman–Crippen LogP) is 3.17. The monoisotopic (exact) mass is 410 g/mol. The summed E-state index contributed by atoms with van der Waals surface area (Å²) in [5.41, 5.74) is 3.07. The molecule has 0 aliphatic carbocycles. The minimum atomic E-state index is -0.727. The van der Waals surface area contributed by atoms with E-state index >= 15 is 0 Å². The molecule has 0 radical (unpaired) electrons. The lowest BCUT2D eigenvalue weighted by Crippen LogP contribution is -2.43. The first-order chi connectivity index (χ1) is 14.0. The molecule has 1 unspecified atom stereocenters. The molecule has 0 bridgehead atoms. The zero-order chi connectivity index (χ0) is 20.6. The van der Waals surface area contributed by atoms with Gasteiger partial charge in [0.2, 0.25) is 16.9 Å². The van der Waals surface area contributed by atoms with Gasteiger partial charge in [-0.1, -0.05) is 71.5 Å². The number of rotatable bonds is 8. The maximum Gasteiger partial charge on any atom is 0.248 e. The Bertz CT molecular complexity index is 958. The van der Waals surface area contributed by atoms with Crippen LogP contribution >= 0.6 is 11.3 Å². The molecule has 29 heavy (non-hydrogen) atoms. The number of hydrogen-bond donors (Lipinski definition) is 2. The van der Waals surface area contributed by atoms with E-state index in [2.05, 4.69) is 20.8 Å². The molecule has 2 aromatic carbocycles. The third kappa shape index (κ3) is 6.20. The fraction of sp³-hybridized carbons (Fsp3) is 0.238. The van der Waals surface area contributed by atoms with Crippen LogP contribution in [0.3, 0.4) is 0 Å². The van der Waals surface area contributed by atoms with Gasteiger partial charge in [-0.15, -0.1) is 10.2 Å². The standard InChI is InChI=1S/C21H22N4O3S/c1-14-8-10-17(11-9-14)20-24-25-21(29-20)23-19(27)15(2)22-18(26)13-28-12-16-6-4-3-5-7-16/h3-11,15H,12-13H2,1-2H3,(H,22,26)(H,23,25,27). The first-order valence-electron chi connectivity index (χ1n) is 9.13. The molecule has 0 aliphatic heterocycles. The van der Waals surface area contributed by atoms with Crippen molar-refractivity contribution in [3.8, 4) is 10.6 Å². The van der Waals surface area contributed by atoms with E-state index in [4.69, 9.17) is 4.74 Å². The van der Waals surface area contributed by atoms with E-state index in [0.29, 0.717) is 16.7 Å². The van der Waals surface area contributed by atoms with Crippen LogP contribution in [0.15, 0.2) is 54.6 Å². The lowest BCUT2D eigenvalue weighted by molar-refractivity contribution is -0.129. The van der Waals surface area contributed by atoms with Gasteiger partial charge in [0.15, 0.2) is 0 Å². The molecule has 7 nitrogen and oxygen atoms in total. The van der Waals surface area contributed by atoms with E-state index in [9.17, 15) is 9.59 Å². The lowest BCUT2D eigenvalue weighted by Gasteiger charge is -2.13. The van der Waals surface area contributed by atoms with Crippen LogP contribution < -0.4 is 10.6 Å². The zero-order valence-electron chi connectivity index (χ0n) is 16.2. The fourth-order valence-electron chi connectivity index (χ4n) is 2.48. The number of anilines is 1. The summed E-state index contributed by atoms with van der Waals surface area (Å²) in [5.74, 6) is -0.728. The van der Waals surface area contributed by atoms with Gasteiger partial charge >= 0.3 is 0 Å². The van der Waals surface area contributed by atoms with E-state index in [1.165, 1.54) is 11.3 Å². The molecule has 150 valence electrons. The average molecular weight is 410 g/mol. The Morgan fingerprint density at radius 3 is 2.52 bits per heavy atom. The molecule has 3 rings (SSSR count). The summed E-state index contributed by atoms with van der Waals surface area (Å²) in [6.07, 6.45) is 0. The lowest BCUT2D eigenvalue weighted by atomic mass is 10.2. The summed E-state index contributed by atoms with van der Waals surface area (Å²) in [6, 6.07) is 16.7. The number of carbonyl (C=O) groups excluding carboxylic acids is 2. The smallest absolute Gasteiger partial charge is 0.248 e. The SMILES string of the molecule is Cc1ccc(-c2nnc(NC(=O)C(C)NC(=O)COCc3ccccc3)s2)cc1. The Kier molecular flexibility index (Phi) is 7.04. The molecule has 1 atom stereocenters. The molecule has 0 saturated heterocycles. The number of hydrogen-bond acceptors (Lipinski definition) is 6. The number of aryl methyl sites for hydroxylation is 1. The van der Waals surface area contributed by atoms with Crippen LogP contribution in [0.1, 0.15) is 18.1 Å². The Morgan fingerprint density at radius 1 is 1.07 bits per heavy atom. The number of benzene rings is 2. The molecule has 0 spiro atoms. The molecule has 2 N–H and O–H groups in total. The highest BCUT2D eigenvalue weighted by Gasteiger charge is 2.18. The minimum Gasteiger partial charge on any atom is -0.367 e. The van der Waals surface area contributed by atoms with Crippen LogP contribution in [0.25, 0.3) is 10.6 Å². The van der Waals surface area contributed by atoms with E-state index < -0.39 is 6.04 Å². The first kappa shape index (κ1) is 20.6. The van der Waals surface area contributed by atoms with Gasteiger partial charge < -0.3 is 10.1 Å². The topological polar surface area (TPSA) is 93.2 Å². The Morgan fingerprint density at radius 2 is 1.79 bits per heavy atom. The van der Waals surface area contributed by atoms with Gasteiger partial charge in [-0.05, 0) is 19.4 Å². The summed E-state index contributed by atoms with van der Waals surface area (Å²) >= 11 is 1.28. The quantitative estimate of drug-likeness (QED) is 0.595. The molecule has 8 heteroatoms. The van der Waals surface area contributed by atoms with E-state index in [0.717, 1.165) is 16.7 Å². The third-order valence-corrected chi connectivity index (χ3v) is 4.96. The molecule has 3 aromatic rings. The van der Waals surface area contributed by atoms with Gasteiger partial charge in [0, 0.05) is 5.56 Å². The van der Waals surface area contributed by atoms with Crippen molar-refractivity contribution in [1.82, 2.24) is 15.5 Å². The van der Waals surface area contributed by atoms with Crippen molar-refractivity contribution in [2.45, 2.75) is 26.5 Å². The van der Waals surface area contributed by atoms with Gasteiger partial charge in [0.1, 0.15) is 17.7 Å². The summed E-state index contributed by atoms with van der Waals surface area (Å²) in [5, 5.41) is 14.5. The number of carbonyl (C=O) groups is 2. The third-order valence-electron chi connectivity index (χ3n) is 4.07. The molecule has 0 fully saturated rings. The van der Waals surface area contributed by atoms with Gasteiger partial charge in [0.25, 0.3) is 0 Å². The van der Waals surface area contributed by atoms with Gasteiger partial charge in [0.05, 0.1) is 6.61 Å². The normalized spacial score (nSPS) is 11.7. The second-order valence-corrected chi connectivity index (χ2v) is 7.51. The van der Waals surface area contributed by atoms with Crippen LogP contribution in [0.4, 0.5) is 5.13 Å². The summed E-state index contributed by atoms with van der Waals surface area (Å²) in [7, 11) is 0. The van der Waals surface area contributed by atoms with Crippen molar-refractivity contribution in [3.05, 3.63) is 65.7 Å². The number of amides is 2. The molecule has 0 aliphatic rings. The molecule has 1 aromatic heterocycles. The van der Waals surface area contributed by atoms with Gasteiger partial charge in [-0.25, -0.2) is 0 Å². The highest BCUT2D eigenvalue weighted by atomic mass is 32.1. The van der Waals surface area contributed by atoms with Crippen molar-refractivity contribution in [1.29, 1.82) is 0 Å². The maximum atomic E-state index is 12.3. The minimum absolute atomic E-state index is 0.122. The Labute approximate surface area is 173 Å². The highest BCUT2D eigenvalue weighted by molar-refractivity contribution is 7.18. The van der Waals surface area contributed by atoms with Crippen LogP contribution in [0.5, 0.6) is 0 Å². The van der Waals surface area contributed by atoms with Crippen LogP contribution in [-0.4, -0.2) is 34.7 Å². The molecular weight excluding hydrogens is 388 g/mol. The second-order valence-electron chi connectivity index (χ2n) is 6.54. The first-order valence-corrected chi connectivity index (χ1v) is 9.95.